The Balaban J connectivity index is 1.94. The number of carbonyl (C=O) groups excluding carboxylic acids is 1. The van der Waals surface area contributed by atoms with Gasteiger partial charge in [0.15, 0.2) is 0 Å². The third kappa shape index (κ3) is 3.74. The van der Waals surface area contributed by atoms with Crippen LogP contribution in [-0.2, 0) is 18.4 Å². The summed E-state index contributed by atoms with van der Waals surface area (Å²) in [5, 5.41) is 15.9. The van der Waals surface area contributed by atoms with Gasteiger partial charge < -0.3 is 15.3 Å². The molecule has 0 spiro atoms. The Hall–Kier alpha value is -2.05. The standard InChI is InChI=1S/C14H22N4O3/c1-10-11(9-16-17(10)2)8-15-14(21)18-6-4-3-5-12(18)7-13(19)20/h9,12H,3-8H2,1-2H3,(H,15,21)(H,19,20). The zero-order chi connectivity index (χ0) is 15.4. The van der Waals surface area contributed by atoms with Crippen molar-refractivity contribution in [2.45, 2.75) is 45.2 Å². The number of carbonyl (C=O) groups is 2. The highest BCUT2D eigenvalue weighted by atomic mass is 16.4. The average molecular weight is 294 g/mol. The Bertz CT molecular complexity index is 526. The van der Waals surface area contributed by atoms with Gasteiger partial charge in [-0.15, -0.1) is 0 Å². The zero-order valence-corrected chi connectivity index (χ0v) is 12.5. The molecule has 0 aliphatic carbocycles. The highest BCUT2D eigenvalue weighted by Gasteiger charge is 2.28. The van der Waals surface area contributed by atoms with Gasteiger partial charge in [-0.3, -0.25) is 9.48 Å². The van der Waals surface area contributed by atoms with Gasteiger partial charge in [0.25, 0.3) is 0 Å². The van der Waals surface area contributed by atoms with Crippen molar-refractivity contribution in [2.24, 2.45) is 7.05 Å². The molecule has 2 amide bonds. The molecule has 1 unspecified atom stereocenters. The number of hydrogen-bond acceptors (Lipinski definition) is 3. The lowest BCUT2D eigenvalue weighted by molar-refractivity contribution is -0.138. The quantitative estimate of drug-likeness (QED) is 0.875. The van der Waals surface area contributed by atoms with E-state index in [4.69, 9.17) is 5.11 Å². The van der Waals surface area contributed by atoms with Crippen molar-refractivity contribution in [1.82, 2.24) is 20.0 Å². The number of aromatic nitrogens is 2. The number of carboxylic acids is 1. The number of amides is 2. The number of aryl methyl sites for hydroxylation is 1. The molecule has 1 saturated heterocycles. The van der Waals surface area contributed by atoms with E-state index in [-0.39, 0.29) is 18.5 Å². The van der Waals surface area contributed by atoms with Crippen molar-refractivity contribution in [1.29, 1.82) is 0 Å². The average Bonchev–Trinajstić information content (AvgIpc) is 2.76. The second-order valence-electron chi connectivity index (χ2n) is 5.48. The zero-order valence-electron chi connectivity index (χ0n) is 12.5. The molecule has 2 heterocycles. The van der Waals surface area contributed by atoms with Crippen LogP contribution in [0.4, 0.5) is 4.79 Å². The van der Waals surface area contributed by atoms with Crippen molar-refractivity contribution in [2.75, 3.05) is 6.54 Å². The van der Waals surface area contributed by atoms with Crippen molar-refractivity contribution in [3.63, 3.8) is 0 Å². The lowest BCUT2D eigenvalue weighted by Crippen LogP contribution is -2.49. The molecule has 1 aliphatic rings. The fourth-order valence-electron chi connectivity index (χ4n) is 2.67. The summed E-state index contributed by atoms with van der Waals surface area (Å²) in [4.78, 5) is 24.8. The van der Waals surface area contributed by atoms with Gasteiger partial charge in [0.1, 0.15) is 0 Å². The summed E-state index contributed by atoms with van der Waals surface area (Å²) >= 11 is 0. The SMILES string of the molecule is Cc1c(CNC(=O)N2CCCCC2CC(=O)O)cnn1C. The topological polar surface area (TPSA) is 87.5 Å². The van der Waals surface area contributed by atoms with Crippen LogP contribution in [0.1, 0.15) is 36.9 Å². The number of nitrogens with one attached hydrogen (secondary N) is 1. The van der Waals surface area contributed by atoms with Crippen LogP contribution in [0, 0.1) is 6.92 Å². The van der Waals surface area contributed by atoms with Gasteiger partial charge in [-0.1, -0.05) is 0 Å². The van der Waals surface area contributed by atoms with Gasteiger partial charge in [-0.2, -0.15) is 5.10 Å². The second-order valence-corrected chi connectivity index (χ2v) is 5.48. The third-order valence-electron chi connectivity index (χ3n) is 4.07. The van der Waals surface area contributed by atoms with Crippen LogP contribution in [0.25, 0.3) is 0 Å². The predicted octanol–water partition coefficient (Wildman–Crippen LogP) is 1.27. The largest absolute Gasteiger partial charge is 0.481 e. The van der Waals surface area contributed by atoms with Crippen LogP contribution in [0.5, 0.6) is 0 Å². The summed E-state index contributed by atoms with van der Waals surface area (Å²) in [6.07, 6.45) is 4.41. The van der Waals surface area contributed by atoms with Gasteiger partial charge >= 0.3 is 12.0 Å². The molecule has 1 aromatic heterocycles. The number of hydrogen-bond donors (Lipinski definition) is 2. The first kappa shape index (κ1) is 15.3. The predicted molar refractivity (Wildman–Crippen MR) is 76.8 cm³/mol. The maximum absolute atomic E-state index is 12.3. The molecule has 1 fully saturated rings. The second kappa shape index (κ2) is 6.60. The molecular formula is C14H22N4O3. The van der Waals surface area contributed by atoms with E-state index < -0.39 is 5.97 Å². The van der Waals surface area contributed by atoms with E-state index in [1.165, 1.54) is 0 Å². The van der Waals surface area contributed by atoms with E-state index in [0.717, 1.165) is 30.5 Å². The molecule has 0 aromatic carbocycles. The number of likely N-dealkylation sites (tertiary alicyclic amines) is 1. The Kier molecular flexibility index (Phi) is 4.82. The molecular weight excluding hydrogens is 272 g/mol. The van der Waals surface area contributed by atoms with E-state index in [0.29, 0.717) is 13.1 Å². The van der Waals surface area contributed by atoms with Crippen molar-refractivity contribution in [3.8, 4) is 0 Å². The number of nitrogens with zero attached hydrogens (tertiary/aromatic N) is 3. The smallest absolute Gasteiger partial charge is 0.317 e. The van der Waals surface area contributed by atoms with Gasteiger partial charge in [-0.05, 0) is 26.2 Å². The van der Waals surface area contributed by atoms with Gasteiger partial charge in [0.05, 0.1) is 12.6 Å². The van der Waals surface area contributed by atoms with Crippen LogP contribution in [0.15, 0.2) is 6.20 Å². The molecule has 1 aliphatic heterocycles. The molecule has 0 bridgehead atoms. The molecule has 1 atom stereocenters. The van der Waals surface area contributed by atoms with Crippen LogP contribution in [0.2, 0.25) is 0 Å². The van der Waals surface area contributed by atoms with E-state index in [2.05, 4.69) is 10.4 Å². The third-order valence-corrected chi connectivity index (χ3v) is 4.07. The minimum absolute atomic E-state index is 0.0132. The Morgan fingerprint density at radius 2 is 2.24 bits per heavy atom. The van der Waals surface area contributed by atoms with Crippen molar-refractivity contribution < 1.29 is 14.7 Å². The maximum Gasteiger partial charge on any atom is 0.317 e. The van der Waals surface area contributed by atoms with E-state index in [1.807, 2.05) is 14.0 Å². The normalized spacial score (nSPS) is 18.6. The Morgan fingerprint density at radius 3 is 2.86 bits per heavy atom. The molecule has 7 nitrogen and oxygen atoms in total. The minimum Gasteiger partial charge on any atom is -0.481 e. The summed E-state index contributed by atoms with van der Waals surface area (Å²) in [6.45, 7) is 2.98. The number of rotatable bonds is 4. The first-order valence-electron chi connectivity index (χ1n) is 7.22. The maximum atomic E-state index is 12.3. The lowest BCUT2D eigenvalue weighted by Gasteiger charge is -2.34. The van der Waals surface area contributed by atoms with Crippen LogP contribution >= 0.6 is 0 Å². The highest BCUT2D eigenvalue weighted by molar-refractivity contribution is 5.76. The van der Waals surface area contributed by atoms with Gasteiger partial charge in [-0.25, -0.2) is 4.79 Å². The number of urea groups is 1. The van der Waals surface area contributed by atoms with E-state index >= 15 is 0 Å². The molecule has 2 N–H and O–H groups in total. The molecule has 1 aromatic rings. The Labute approximate surface area is 123 Å². The highest BCUT2D eigenvalue weighted by Crippen LogP contribution is 2.20. The summed E-state index contributed by atoms with van der Waals surface area (Å²) in [7, 11) is 1.86. The molecule has 21 heavy (non-hydrogen) atoms. The first-order chi connectivity index (χ1) is 9.99. The van der Waals surface area contributed by atoms with Crippen LogP contribution in [0.3, 0.4) is 0 Å². The minimum atomic E-state index is -0.859. The van der Waals surface area contributed by atoms with E-state index in [9.17, 15) is 9.59 Å². The molecule has 116 valence electrons. The molecule has 0 radical (unpaired) electrons. The summed E-state index contributed by atoms with van der Waals surface area (Å²) in [5.41, 5.74) is 1.98. The van der Waals surface area contributed by atoms with Gasteiger partial charge in [0, 0.05) is 37.4 Å². The Morgan fingerprint density at radius 1 is 1.48 bits per heavy atom. The summed E-state index contributed by atoms with van der Waals surface area (Å²) in [5.74, 6) is -0.859. The number of aliphatic carboxylic acids is 1. The molecule has 0 saturated carbocycles. The lowest BCUT2D eigenvalue weighted by atomic mass is 10.00. The summed E-state index contributed by atoms with van der Waals surface area (Å²) < 4.78 is 1.76. The fraction of sp³-hybridized carbons (Fsp3) is 0.643. The van der Waals surface area contributed by atoms with E-state index in [1.54, 1.807) is 15.8 Å². The van der Waals surface area contributed by atoms with Crippen molar-refractivity contribution in [3.05, 3.63) is 17.5 Å². The number of carboxylic acid groups (broad SMARTS) is 1. The fourth-order valence-corrected chi connectivity index (χ4v) is 2.67. The van der Waals surface area contributed by atoms with Gasteiger partial charge in [0.2, 0.25) is 0 Å². The van der Waals surface area contributed by atoms with Crippen molar-refractivity contribution >= 4 is 12.0 Å². The monoisotopic (exact) mass is 294 g/mol. The summed E-state index contributed by atoms with van der Waals surface area (Å²) in [6, 6.07) is -0.393. The molecule has 7 heteroatoms. The molecule has 2 rings (SSSR count). The first-order valence-corrected chi connectivity index (χ1v) is 7.22. The van der Waals surface area contributed by atoms with Crippen LogP contribution in [-0.4, -0.2) is 44.4 Å². The number of piperidine rings is 1. The van der Waals surface area contributed by atoms with Crippen LogP contribution < -0.4 is 5.32 Å².